The number of aliphatic hydroxyl groups excluding tert-OH is 1. The maximum absolute atomic E-state index is 10.9. The first kappa shape index (κ1) is 34.3. The van der Waals surface area contributed by atoms with Crippen LogP contribution in [0.15, 0.2) is 11.6 Å². The number of methoxy groups -OCH3 is 4. The molecular formula is C35H63NO6. The van der Waals surface area contributed by atoms with Crippen LogP contribution in [-0.4, -0.2) is 83.8 Å². The minimum absolute atomic E-state index is 0.0402. The van der Waals surface area contributed by atoms with Gasteiger partial charge in [-0.05, 0) is 98.3 Å². The number of rotatable bonds is 10. The Morgan fingerprint density at radius 3 is 2.19 bits per heavy atom. The van der Waals surface area contributed by atoms with Crippen LogP contribution in [0.3, 0.4) is 0 Å². The lowest BCUT2D eigenvalue weighted by molar-refractivity contribution is -0.264. The summed E-state index contributed by atoms with van der Waals surface area (Å²) in [6.07, 6.45) is 9.55. The van der Waals surface area contributed by atoms with Gasteiger partial charge in [0.25, 0.3) is 0 Å². The molecule has 11 atom stereocenters. The number of hydrogen-bond donors (Lipinski definition) is 2. The highest BCUT2D eigenvalue weighted by Crippen LogP contribution is 2.71. The number of fused-ring (bicyclic) bond motifs is 2. The highest BCUT2D eigenvalue weighted by atomic mass is 16.5. The normalized spacial score (nSPS) is 48.1. The fourth-order valence-electron chi connectivity index (χ4n) is 11.0. The number of allylic oxidation sites excluding steroid dienone is 1. The van der Waals surface area contributed by atoms with Crippen molar-refractivity contribution in [3.63, 3.8) is 0 Å². The number of aliphatic hydroxyl groups is 1. The molecular weight excluding hydrogens is 530 g/mol. The summed E-state index contributed by atoms with van der Waals surface area (Å²) in [6.45, 7) is 16.1. The van der Waals surface area contributed by atoms with E-state index >= 15 is 0 Å². The quantitative estimate of drug-likeness (QED) is 0.311. The summed E-state index contributed by atoms with van der Waals surface area (Å²) in [5.41, 5.74) is 7.27. The van der Waals surface area contributed by atoms with Gasteiger partial charge in [0, 0.05) is 35.0 Å². The highest BCUT2D eigenvalue weighted by Gasteiger charge is 2.70. The van der Waals surface area contributed by atoms with Gasteiger partial charge in [0.05, 0.1) is 42.5 Å². The van der Waals surface area contributed by atoms with Crippen molar-refractivity contribution in [3.05, 3.63) is 11.6 Å². The van der Waals surface area contributed by atoms with Gasteiger partial charge in [-0.15, -0.1) is 0 Å². The minimum Gasteiger partial charge on any atom is -0.390 e. The molecule has 0 bridgehead atoms. The predicted octanol–water partition coefficient (Wildman–Crippen LogP) is 5.77. The smallest absolute Gasteiger partial charge is 0.0946 e. The van der Waals surface area contributed by atoms with Crippen LogP contribution in [0.4, 0.5) is 0 Å². The van der Waals surface area contributed by atoms with Crippen molar-refractivity contribution in [2.75, 3.05) is 48.2 Å². The average molecular weight is 594 g/mol. The van der Waals surface area contributed by atoms with E-state index in [1.54, 1.807) is 7.11 Å². The van der Waals surface area contributed by atoms with Gasteiger partial charge in [0.15, 0.2) is 0 Å². The van der Waals surface area contributed by atoms with Crippen LogP contribution in [0.5, 0.6) is 0 Å². The molecule has 0 radical (unpaired) electrons. The summed E-state index contributed by atoms with van der Waals surface area (Å²) in [5, 5.41) is 10.9. The Labute approximate surface area is 256 Å². The third kappa shape index (κ3) is 5.25. The monoisotopic (exact) mass is 593 g/mol. The third-order valence-corrected chi connectivity index (χ3v) is 13.1. The molecule has 42 heavy (non-hydrogen) atoms. The van der Waals surface area contributed by atoms with Gasteiger partial charge >= 0.3 is 0 Å². The molecule has 7 nitrogen and oxygen atoms in total. The van der Waals surface area contributed by atoms with E-state index in [-0.39, 0.29) is 63.5 Å². The Kier molecular flexibility index (Phi) is 10.4. The molecule has 0 aromatic carbocycles. The van der Waals surface area contributed by atoms with Crippen LogP contribution in [0.25, 0.3) is 0 Å². The van der Waals surface area contributed by atoms with Crippen LogP contribution in [0.1, 0.15) is 92.9 Å². The molecule has 0 amide bonds. The van der Waals surface area contributed by atoms with E-state index in [9.17, 15) is 5.11 Å². The molecule has 4 rings (SSSR count). The molecule has 4 fully saturated rings. The van der Waals surface area contributed by atoms with Crippen LogP contribution in [0.2, 0.25) is 0 Å². The number of nitrogens with two attached hydrogens (primary N) is 1. The third-order valence-electron chi connectivity index (χ3n) is 13.1. The standard InChI is InChI=1S/C35H63NO6/c1-11-42-28-24-14-17-33(5,21-32(24,4)16-15-26(28)37)34(6)20-27(39-8)35(22-38-7)25(23(34)13-12-18-36)19-31(2,3)29(40-9)30(35)41-10/h13,24-30,37H,11-12,14-22,36H2,1-10H3/b23-13-/t24-,25-,26-,27+,28+,29-,30?,32+,33+,34+,35-/m0/s1. The summed E-state index contributed by atoms with van der Waals surface area (Å²) in [4.78, 5) is 0. The second kappa shape index (κ2) is 12.7. The topological polar surface area (TPSA) is 92.4 Å². The largest absolute Gasteiger partial charge is 0.390 e. The molecule has 0 aromatic heterocycles. The van der Waals surface area contributed by atoms with Gasteiger partial charge in [-0.25, -0.2) is 0 Å². The van der Waals surface area contributed by atoms with E-state index in [4.69, 9.17) is 29.4 Å². The zero-order valence-electron chi connectivity index (χ0n) is 28.5. The Bertz CT molecular complexity index is 956. The molecule has 3 N–H and O–H groups in total. The lowest BCUT2D eigenvalue weighted by atomic mass is 9.38. The van der Waals surface area contributed by atoms with Gasteiger partial charge in [-0.3, -0.25) is 0 Å². The Morgan fingerprint density at radius 1 is 0.929 bits per heavy atom. The van der Waals surface area contributed by atoms with Crippen molar-refractivity contribution in [1.29, 1.82) is 0 Å². The maximum atomic E-state index is 10.9. The molecule has 4 aliphatic carbocycles. The van der Waals surface area contributed by atoms with Crippen LogP contribution >= 0.6 is 0 Å². The van der Waals surface area contributed by atoms with Crippen LogP contribution < -0.4 is 5.73 Å². The molecule has 1 unspecified atom stereocenters. The van der Waals surface area contributed by atoms with Gasteiger partial charge in [-0.2, -0.15) is 0 Å². The molecule has 0 heterocycles. The maximum Gasteiger partial charge on any atom is 0.0946 e. The van der Waals surface area contributed by atoms with E-state index in [2.05, 4.69) is 40.7 Å². The lowest BCUT2D eigenvalue weighted by Crippen LogP contribution is -2.71. The Hall–Kier alpha value is -0.540. The molecule has 244 valence electrons. The summed E-state index contributed by atoms with van der Waals surface area (Å²) in [6, 6.07) is 0. The van der Waals surface area contributed by atoms with E-state index in [0.717, 1.165) is 51.4 Å². The highest BCUT2D eigenvalue weighted by molar-refractivity contribution is 5.33. The van der Waals surface area contributed by atoms with Crippen LogP contribution in [-0.2, 0) is 23.7 Å². The van der Waals surface area contributed by atoms with Crippen molar-refractivity contribution in [2.24, 2.45) is 44.6 Å². The Balaban J connectivity index is 1.85. The van der Waals surface area contributed by atoms with E-state index in [1.807, 2.05) is 28.3 Å². The first-order chi connectivity index (χ1) is 19.8. The molecule has 0 spiro atoms. The van der Waals surface area contributed by atoms with Crippen molar-refractivity contribution in [3.8, 4) is 0 Å². The molecule has 4 aliphatic rings. The Morgan fingerprint density at radius 2 is 1.62 bits per heavy atom. The summed E-state index contributed by atoms with van der Waals surface area (Å²) < 4.78 is 31.5. The molecule has 0 aromatic rings. The molecule has 0 aliphatic heterocycles. The van der Waals surface area contributed by atoms with Crippen molar-refractivity contribution in [1.82, 2.24) is 0 Å². The van der Waals surface area contributed by atoms with Gasteiger partial charge in [-0.1, -0.05) is 46.3 Å². The second-order valence-electron chi connectivity index (χ2n) is 15.7. The zero-order chi connectivity index (χ0) is 31.1. The average Bonchev–Trinajstić information content (AvgIpc) is 2.93. The first-order valence-electron chi connectivity index (χ1n) is 16.6. The van der Waals surface area contributed by atoms with Gasteiger partial charge in [0.1, 0.15) is 0 Å². The van der Waals surface area contributed by atoms with Crippen molar-refractivity contribution in [2.45, 2.75) is 123 Å². The molecule has 7 heteroatoms. The molecule has 0 saturated heterocycles. The van der Waals surface area contributed by atoms with Crippen LogP contribution in [0, 0.1) is 38.9 Å². The number of hydrogen-bond acceptors (Lipinski definition) is 7. The fraction of sp³-hybridized carbons (Fsp3) is 0.943. The summed E-state index contributed by atoms with van der Waals surface area (Å²) in [7, 11) is 7.32. The van der Waals surface area contributed by atoms with Gasteiger partial charge < -0.3 is 34.5 Å². The van der Waals surface area contributed by atoms with E-state index in [1.165, 1.54) is 5.57 Å². The minimum atomic E-state index is -0.388. The number of ether oxygens (including phenoxy) is 5. The van der Waals surface area contributed by atoms with E-state index in [0.29, 0.717) is 25.7 Å². The van der Waals surface area contributed by atoms with Gasteiger partial charge in [0.2, 0.25) is 0 Å². The summed E-state index contributed by atoms with van der Waals surface area (Å²) >= 11 is 0. The van der Waals surface area contributed by atoms with Crippen molar-refractivity contribution >= 4 is 0 Å². The SMILES string of the molecule is CCO[C@H]1[C@@H](O)CC[C@]2(C)C[C@](C)([C@]3(C)C[C@@H](OC)[C@@]4(COC)C(OC)[C@H](OC)C(C)(C)C[C@H]4/C3=C/CCN)CC[C@@H]12. The second-order valence-corrected chi connectivity index (χ2v) is 15.7. The predicted molar refractivity (Wildman–Crippen MR) is 167 cm³/mol. The van der Waals surface area contributed by atoms with E-state index < -0.39 is 0 Å². The fourth-order valence-corrected chi connectivity index (χ4v) is 11.0. The lowest BCUT2D eigenvalue weighted by Gasteiger charge is -2.69. The zero-order valence-corrected chi connectivity index (χ0v) is 28.5. The molecule has 4 saturated carbocycles. The first-order valence-corrected chi connectivity index (χ1v) is 16.6. The summed E-state index contributed by atoms with van der Waals surface area (Å²) in [5.74, 6) is 0.573. The van der Waals surface area contributed by atoms with Crippen molar-refractivity contribution < 1.29 is 28.8 Å².